The minimum Gasteiger partial charge on any atom is -0.422 e. The van der Waals surface area contributed by atoms with Gasteiger partial charge in [0.15, 0.2) is 0 Å². The predicted molar refractivity (Wildman–Crippen MR) is 90.8 cm³/mol. The fraction of sp³-hybridized carbons (Fsp3) is 0.167. The van der Waals surface area contributed by atoms with E-state index < -0.39 is 0 Å². The first-order valence-corrected chi connectivity index (χ1v) is 7.82. The summed E-state index contributed by atoms with van der Waals surface area (Å²) in [7, 11) is 1.84. The fourth-order valence-electron chi connectivity index (χ4n) is 3.22. The molecular weight excluding hydrogens is 316 g/mol. The van der Waals surface area contributed by atoms with Crippen LogP contribution in [0.2, 0.25) is 0 Å². The first-order valence-electron chi connectivity index (χ1n) is 7.82. The number of hydrogen-bond donors (Lipinski definition) is 1. The molecule has 1 atom stereocenters. The van der Waals surface area contributed by atoms with Gasteiger partial charge in [0.1, 0.15) is 11.6 Å². The zero-order valence-corrected chi connectivity index (χ0v) is 13.8. The van der Waals surface area contributed by atoms with E-state index in [1.54, 1.807) is 15.6 Å². The lowest BCUT2D eigenvalue weighted by Crippen LogP contribution is -2.23. The van der Waals surface area contributed by atoms with Crippen molar-refractivity contribution in [3.8, 4) is 17.6 Å². The van der Waals surface area contributed by atoms with E-state index >= 15 is 0 Å². The highest BCUT2D eigenvalue weighted by Gasteiger charge is 2.37. The molecule has 1 aliphatic heterocycles. The first-order chi connectivity index (χ1) is 12.1. The average Bonchev–Trinajstić information content (AvgIpc) is 3.18. The number of nitriles is 1. The van der Waals surface area contributed by atoms with E-state index in [2.05, 4.69) is 16.3 Å². The fourth-order valence-corrected chi connectivity index (χ4v) is 3.22. The molecule has 0 fully saturated rings. The second kappa shape index (κ2) is 5.53. The molecule has 3 heterocycles. The number of aryl methyl sites for hydroxylation is 2. The Hall–Kier alpha value is -3.53. The van der Waals surface area contributed by atoms with Gasteiger partial charge in [-0.15, -0.1) is 0 Å². The predicted octanol–water partition coefficient (Wildman–Crippen LogP) is 2.13. The van der Waals surface area contributed by atoms with E-state index in [9.17, 15) is 5.26 Å². The van der Waals surface area contributed by atoms with Crippen LogP contribution in [-0.2, 0) is 7.05 Å². The molecule has 1 aromatic carbocycles. The van der Waals surface area contributed by atoms with E-state index in [0.717, 1.165) is 22.6 Å². The Labute approximate surface area is 144 Å². The highest BCUT2D eigenvalue weighted by molar-refractivity contribution is 5.56. The van der Waals surface area contributed by atoms with Gasteiger partial charge >= 0.3 is 0 Å². The third-order valence-corrected chi connectivity index (χ3v) is 4.39. The maximum absolute atomic E-state index is 9.64. The quantitative estimate of drug-likeness (QED) is 0.776. The van der Waals surface area contributed by atoms with Crippen molar-refractivity contribution in [1.82, 2.24) is 19.6 Å². The summed E-state index contributed by atoms with van der Waals surface area (Å²) in [5, 5.41) is 18.5. The average molecular weight is 332 g/mol. The summed E-state index contributed by atoms with van der Waals surface area (Å²) >= 11 is 0. The zero-order valence-electron chi connectivity index (χ0n) is 13.8. The Morgan fingerprint density at radius 3 is 2.64 bits per heavy atom. The molecule has 2 N–H and O–H groups in total. The third-order valence-electron chi connectivity index (χ3n) is 4.39. The smallest absolute Gasteiger partial charge is 0.229 e. The molecule has 25 heavy (non-hydrogen) atoms. The number of rotatable bonds is 2. The molecule has 2 aromatic heterocycles. The molecule has 0 amide bonds. The topological polar surface area (TPSA) is 94.7 Å². The third kappa shape index (κ3) is 2.19. The molecule has 0 bridgehead atoms. The Balaban J connectivity index is 1.98. The van der Waals surface area contributed by atoms with Crippen LogP contribution in [0.4, 0.5) is 0 Å². The molecule has 0 aliphatic carbocycles. The monoisotopic (exact) mass is 332 g/mol. The van der Waals surface area contributed by atoms with Gasteiger partial charge in [0.2, 0.25) is 11.8 Å². The molecule has 3 aromatic rings. The highest BCUT2D eigenvalue weighted by Crippen LogP contribution is 2.44. The number of hydrogen-bond acceptors (Lipinski definition) is 5. The molecule has 0 spiro atoms. The molecule has 1 aliphatic rings. The lowest BCUT2D eigenvalue weighted by atomic mass is 9.87. The van der Waals surface area contributed by atoms with Crippen LogP contribution in [0.25, 0.3) is 5.69 Å². The van der Waals surface area contributed by atoms with Crippen molar-refractivity contribution in [2.45, 2.75) is 12.8 Å². The van der Waals surface area contributed by atoms with Crippen molar-refractivity contribution in [2.75, 3.05) is 0 Å². The largest absolute Gasteiger partial charge is 0.422 e. The lowest BCUT2D eigenvalue weighted by molar-refractivity contribution is 0.365. The van der Waals surface area contributed by atoms with Crippen LogP contribution in [-0.4, -0.2) is 19.6 Å². The van der Waals surface area contributed by atoms with Crippen molar-refractivity contribution in [3.05, 3.63) is 71.0 Å². The zero-order chi connectivity index (χ0) is 17.6. The van der Waals surface area contributed by atoms with Crippen molar-refractivity contribution >= 4 is 0 Å². The summed E-state index contributed by atoms with van der Waals surface area (Å²) in [4.78, 5) is 0. The minimum absolute atomic E-state index is 0.0956. The molecule has 7 heteroatoms. The van der Waals surface area contributed by atoms with Crippen molar-refractivity contribution in [1.29, 1.82) is 5.26 Å². The van der Waals surface area contributed by atoms with Gasteiger partial charge in [-0.05, 0) is 25.1 Å². The molecule has 0 radical (unpaired) electrons. The summed E-state index contributed by atoms with van der Waals surface area (Å²) in [6.07, 6.45) is 1.70. The van der Waals surface area contributed by atoms with Crippen molar-refractivity contribution in [3.63, 3.8) is 0 Å². The van der Waals surface area contributed by atoms with Gasteiger partial charge in [0, 0.05) is 13.2 Å². The van der Waals surface area contributed by atoms with Gasteiger partial charge in [0.25, 0.3) is 0 Å². The molecular formula is C18H16N6O. The number of benzene rings is 1. The summed E-state index contributed by atoms with van der Waals surface area (Å²) < 4.78 is 9.27. The van der Waals surface area contributed by atoms with Crippen LogP contribution in [0, 0.1) is 18.3 Å². The molecule has 4 rings (SSSR count). The van der Waals surface area contributed by atoms with Crippen LogP contribution in [0.1, 0.15) is 22.9 Å². The standard InChI is InChI=1S/C18H16N6O/c1-11-15-16(14-8-9-21-23(14)2)13(10-19)17(20)25-18(15)24(22-11)12-6-4-3-5-7-12/h3-9,16H,20H2,1-2H3. The summed E-state index contributed by atoms with van der Waals surface area (Å²) in [5.41, 5.74) is 9.78. The molecule has 1 unspecified atom stereocenters. The van der Waals surface area contributed by atoms with E-state index in [1.807, 2.05) is 50.4 Å². The van der Waals surface area contributed by atoms with Gasteiger partial charge in [0.05, 0.1) is 28.6 Å². The summed E-state index contributed by atoms with van der Waals surface area (Å²) in [6.45, 7) is 1.90. The van der Waals surface area contributed by atoms with Gasteiger partial charge in [-0.3, -0.25) is 4.68 Å². The Kier molecular flexibility index (Phi) is 3.32. The van der Waals surface area contributed by atoms with E-state index in [1.165, 1.54) is 0 Å². The van der Waals surface area contributed by atoms with Crippen LogP contribution >= 0.6 is 0 Å². The molecule has 7 nitrogen and oxygen atoms in total. The van der Waals surface area contributed by atoms with Gasteiger partial charge in [-0.25, -0.2) is 4.68 Å². The molecule has 0 saturated carbocycles. The normalized spacial score (nSPS) is 16.3. The second-order valence-corrected chi connectivity index (χ2v) is 5.86. The van der Waals surface area contributed by atoms with Gasteiger partial charge in [-0.1, -0.05) is 18.2 Å². The van der Waals surface area contributed by atoms with E-state index in [-0.39, 0.29) is 11.8 Å². The minimum atomic E-state index is -0.362. The highest BCUT2D eigenvalue weighted by atomic mass is 16.5. The van der Waals surface area contributed by atoms with E-state index in [4.69, 9.17) is 10.5 Å². The van der Waals surface area contributed by atoms with Crippen molar-refractivity contribution < 1.29 is 4.74 Å². The number of nitrogens with two attached hydrogens (primary N) is 1. The number of aromatic nitrogens is 4. The SMILES string of the molecule is Cc1nn(-c2ccccc2)c2c1C(c1ccnn1C)C(C#N)=C(N)O2. The van der Waals surface area contributed by atoms with Crippen LogP contribution in [0.15, 0.2) is 54.1 Å². The number of nitrogens with zero attached hydrogens (tertiary/aromatic N) is 5. The number of allylic oxidation sites excluding steroid dienone is 1. The Bertz CT molecular complexity index is 1020. The van der Waals surface area contributed by atoms with E-state index in [0.29, 0.717) is 11.5 Å². The van der Waals surface area contributed by atoms with Gasteiger partial charge < -0.3 is 10.5 Å². The van der Waals surface area contributed by atoms with Gasteiger partial charge in [-0.2, -0.15) is 15.5 Å². The molecule has 124 valence electrons. The number of ether oxygens (including phenoxy) is 1. The van der Waals surface area contributed by atoms with Crippen LogP contribution in [0.5, 0.6) is 5.88 Å². The summed E-state index contributed by atoms with van der Waals surface area (Å²) in [6, 6.07) is 13.7. The Morgan fingerprint density at radius 1 is 1.24 bits per heavy atom. The number of para-hydroxylation sites is 1. The van der Waals surface area contributed by atoms with Crippen LogP contribution < -0.4 is 10.5 Å². The van der Waals surface area contributed by atoms with Crippen LogP contribution in [0.3, 0.4) is 0 Å². The summed E-state index contributed by atoms with van der Waals surface area (Å²) in [5.74, 6) is 0.267. The molecule has 0 saturated heterocycles. The first kappa shape index (κ1) is 15.0. The maximum Gasteiger partial charge on any atom is 0.229 e. The lowest BCUT2D eigenvalue weighted by Gasteiger charge is -2.24. The number of fused-ring (bicyclic) bond motifs is 1. The second-order valence-electron chi connectivity index (χ2n) is 5.86. The Morgan fingerprint density at radius 2 is 2.00 bits per heavy atom. The maximum atomic E-state index is 9.64. The van der Waals surface area contributed by atoms with Crippen molar-refractivity contribution in [2.24, 2.45) is 12.8 Å².